The van der Waals surface area contributed by atoms with E-state index in [0.29, 0.717) is 12.8 Å². The fourth-order valence-corrected chi connectivity index (χ4v) is 4.91. The predicted octanol–water partition coefficient (Wildman–Crippen LogP) is 5.98. The SMILES string of the molecule is C/C1=C/CC(c2ccc3nc(C)[nH]c3c2)OC(=O)CCC(C)(C)C(=O)[C@H](C)C(O)[C@@H](C)CCC1. The second-order valence-electron chi connectivity index (χ2n) is 10.8. The molecule has 2 N–H and O–H groups in total. The average molecular weight is 469 g/mol. The normalized spacial score (nSPS) is 29.4. The van der Waals surface area contributed by atoms with Gasteiger partial charge >= 0.3 is 5.97 Å². The first-order chi connectivity index (χ1) is 16.0. The maximum atomic E-state index is 13.2. The van der Waals surface area contributed by atoms with Gasteiger partial charge in [0.15, 0.2) is 0 Å². The molecule has 1 aromatic carbocycles. The first kappa shape index (κ1) is 26.1. The molecule has 1 aliphatic rings. The lowest BCUT2D eigenvalue weighted by Gasteiger charge is -2.31. The molecule has 1 aliphatic heterocycles. The average Bonchev–Trinajstić information content (AvgIpc) is 3.17. The number of allylic oxidation sites excluding steroid dienone is 1. The van der Waals surface area contributed by atoms with E-state index in [4.69, 9.17) is 4.74 Å². The fraction of sp³-hybridized carbons (Fsp3) is 0.607. The van der Waals surface area contributed by atoms with Crippen LogP contribution in [0.3, 0.4) is 0 Å². The molecule has 186 valence electrons. The zero-order valence-corrected chi connectivity index (χ0v) is 21.5. The molecule has 0 saturated heterocycles. The van der Waals surface area contributed by atoms with Gasteiger partial charge in [-0.2, -0.15) is 0 Å². The van der Waals surface area contributed by atoms with Crippen molar-refractivity contribution in [2.45, 2.75) is 92.3 Å². The van der Waals surface area contributed by atoms with Crippen LogP contribution in [0, 0.1) is 24.2 Å². The minimum Gasteiger partial charge on any atom is -0.457 e. The summed E-state index contributed by atoms with van der Waals surface area (Å²) in [5.74, 6) is 0.102. The monoisotopic (exact) mass is 468 g/mol. The number of cyclic esters (lactones) is 1. The Labute approximate surface area is 203 Å². The summed E-state index contributed by atoms with van der Waals surface area (Å²) in [5.41, 5.74) is 3.26. The van der Waals surface area contributed by atoms with Crippen molar-refractivity contribution in [1.82, 2.24) is 9.97 Å². The highest BCUT2D eigenvalue weighted by Gasteiger charge is 2.37. The Balaban J connectivity index is 1.87. The van der Waals surface area contributed by atoms with E-state index in [1.54, 1.807) is 6.92 Å². The van der Waals surface area contributed by atoms with Crippen LogP contribution in [0.4, 0.5) is 0 Å². The number of nitrogens with zero attached hydrogens (tertiary/aromatic N) is 1. The molecule has 3 rings (SSSR count). The maximum absolute atomic E-state index is 13.2. The summed E-state index contributed by atoms with van der Waals surface area (Å²) in [4.78, 5) is 33.8. The molecule has 6 nitrogen and oxygen atoms in total. The number of Topliss-reactive ketones (excluding diaryl/α,β-unsaturated/α-hetero) is 1. The van der Waals surface area contributed by atoms with E-state index in [0.717, 1.165) is 41.7 Å². The molecular weight excluding hydrogens is 428 g/mol. The number of esters is 1. The van der Waals surface area contributed by atoms with Gasteiger partial charge in [0.25, 0.3) is 0 Å². The second-order valence-corrected chi connectivity index (χ2v) is 10.8. The predicted molar refractivity (Wildman–Crippen MR) is 134 cm³/mol. The number of hydrogen-bond acceptors (Lipinski definition) is 5. The van der Waals surface area contributed by atoms with Gasteiger partial charge in [0.05, 0.1) is 17.1 Å². The number of benzene rings is 1. The van der Waals surface area contributed by atoms with Gasteiger partial charge in [0, 0.05) is 24.2 Å². The maximum Gasteiger partial charge on any atom is 0.306 e. The Morgan fingerprint density at radius 1 is 1.15 bits per heavy atom. The van der Waals surface area contributed by atoms with E-state index in [2.05, 4.69) is 23.0 Å². The molecular formula is C28H40N2O4. The Kier molecular flexibility index (Phi) is 8.34. The van der Waals surface area contributed by atoms with Crippen LogP contribution in [0.2, 0.25) is 0 Å². The van der Waals surface area contributed by atoms with E-state index in [-0.39, 0.29) is 24.1 Å². The molecule has 0 radical (unpaired) electrons. The molecule has 0 fully saturated rings. The van der Waals surface area contributed by atoms with Crippen LogP contribution in [-0.4, -0.2) is 32.9 Å². The molecule has 0 saturated carbocycles. The number of ether oxygens (including phenoxy) is 1. The largest absolute Gasteiger partial charge is 0.457 e. The number of aromatic nitrogens is 2. The first-order valence-electron chi connectivity index (χ1n) is 12.5. The third-order valence-electron chi connectivity index (χ3n) is 7.31. The van der Waals surface area contributed by atoms with Crippen molar-refractivity contribution in [2.75, 3.05) is 0 Å². The standard InChI is InChI=1S/C28H40N2O4/c1-17-8-7-9-18(2)26(32)19(3)27(33)28(5,6)15-14-25(31)34-24(13-10-17)21-11-12-22-23(16-21)30-20(4)29-22/h10-12,16,18-19,24,26,32H,7-9,13-15H2,1-6H3,(H,29,30)/b17-10-/t18-,19+,24?,26?/m0/s1. The number of fused-ring (bicyclic) bond motifs is 1. The summed E-state index contributed by atoms with van der Waals surface area (Å²) in [5, 5.41) is 10.8. The molecule has 34 heavy (non-hydrogen) atoms. The van der Waals surface area contributed by atoms with E-state index in [1.807, 2.05) is 45.9 Å². The zero-order chi connectivity index (χ0) is 25.0. The summed E-state index contributed by atoms with van der Waals surface area (Å²) in [6, 6.07) is 5.93. The summed E-state index contributed by atoms with van der Waals surface area (Å²) in [6.07, 6.45) is 4.91. The summed E-state index contributed by atoms with van der Waals surface area (Å²) >= 11 is 0. The number of aliphatic hydroxyl groups excluding tert-OH is 1. The Morgan fingerprint density at radius 3 is 2.62 bits per heavy atom. The molecule has 2 unspecified atom stereocenters. The molecule has 0 spiro atoms. The number of nitrogens with one attached hydrogen (secondary N) is 1. The number of aromatic amines is 1. The van der Waals surface area contributed by atoms with Crippen molar-refractivity contribution in [1.29, 1.82) is 0 Å². The highest BCUT2D eigenvalue weighted by Crippen LogP contribution is 2.33. The number of aliphatic hydroxyl groups is 1. The molecule has 6 heteroatoms. The number of hydrogen-bond donors (Lipinski definition) is 2. The van der Waals surface area contributed by atoms with E-state index < -0.39 is 23.5 Å². The van der Waals surface area contributed by atoms with E-state index in [9.17, 15) is 14.7 Å². The minimum absolute atomic E-state index is 0.000521. The number of rotatable bonds is 1. The number of imidazole rings is 1. The summed E-state index contributed by atoms with van der Waals surface area (Å²) in [7, 11) is 0. The van der Waals surface area contributed by atoms with Gasteiger partial charge in [-0.3, -0.25) is 9.59 Å². The fourth-order valence-electron chi connectivity index (χ4n) is 4.91. The summed E-state index contributed by atoms with van der Waals surface area (Å²) < 4.78 is 5.96. The molecule has 1 aromatic heterocycles. The topological polar surface area (TPSA) is 92.3 Å². The lowest BCUT2D eigenvalue weighted by atomic mass is 9.74. The molecule has 0 bridgehead atoms. The van der Waals surface area contributed by atoms with Crippen LogP contribution in [-0.2, 0) is 14.3 Å². The van der Waals surface area contributed by atoms with Gasteiger partial charge in [-0.1, -0.05) is 45.4 Å². The lowest BCUT2D eigenvalue weighted by Crippen LogP contribution is -2.39. The van der Waals surface area contributed by atoms with Crippen LogP contribution < -0.4 is 0 Å². The number of H-pyrrole nitrogens is 1. The van der Waals surface area contributed by atoms with Crippen molar-refractivity contribution in [3.05, 3.63) is 41.2 Å². The minimum atomic E-state index is -0.714. The number of carbonyl (C=O) groups excluding carboxylic acids is 2. The molecule has 2 heterocycles. The van der Waals surface area contributed by atoms with Crippen molar-refractivity contribution < 1.29 is 19.4 Å². The molecule has 2 aromatic rings. The van der Waals surface area contributed by atoms with Crippen LogP contribution in [0.15, 0.2) is 29.8 Å². The third kappa shape index (κ3) is 6.35. The highest BCUT2D eigenvalue weighted by molar-refractivity contribution is 5.87. The van der Waals surface area contributed by atoms with Crippen molar-refractivity contribution in [2.24, 2.45) is 17.3 Å². The Hall–Kier alpha value is -2.47. The Bertz CT molecular complexity index is 1050. The quantitative estimate of drug-likeness (QED) is 0.396. The van der Waals surface area contributed by atoms with Gasteiger partial charge in [0.1, 0.15) is 17.7 Å². The Morgan fingerprint density at radius 2 is 1.88 bits per heavy atom. The van der Waals surface area contributed by atoms with Crippen LogP contribution in [0.25, 0.3) is 11.0 Å². The van der Waals surface area contributed by atoms with Gasteiger partial charge in [-0.05, 0) is 63.1 Å². The van der Waals surface area contributed by atoms with Crippen molar-refractivity contribution in [3.8, 4) is 0 Å². The number of carbonyl (C=O) groups is 2. The van der Waals surface area contributed by atoms with Crippen LogP contribution in [0.1, 0.15) is 90.6 Å². The second kappa shape index (κ2) is 10.9. The van der Waals surface area contributed by atoms with Crippen LogP contribution in [0.5, 0.6) is 0 Å². The lowest BCUT2D eigenvalue weighted by molar-refractivity contribution is -0.150. The van der Waals surface area contributed by atoms with Gasteiger partial charge in [0.2, 0.25) is 0 Å². The number of aryl methyl sites for hydroxylation is 1. The van der Waals surface area contributed by atoms with E-state index in [1.165, 1.54) is 5.57 Å². The first-order valence-corrected chi connectivity index (χ1v) is 12.5. The highest BCUT2D eigenvalue weighted by atomic mass is 16.5. The van der Waals surface area contributed by atoms with Gasteiger partial charge in [-0.25, -0.2) is 4.98 Å². The van der Waals surface area contributed by atoms with Crippen molar-refractivity contribution >= 4 is 22.8 Å². The third-order valence-corrected chi connectivity index (χ3v) is 7.31. The smallest absolute Gasteiger partial charge is 0.306 e. The van der Waals surface area contributed by atoms with E-state index >= 15 is 0 Å². The van der Waals surface area contributed by atoms with Gasteiger partial charge in [-0.15, -0.1) is 0 Å². The van der Waals surface area contributed by atoms with Crippen molar-refractivity contribution in [3.63, 3.8) is 0 Å². The zero-order valence-electron chi connectivity index (χ0n) is 21.5. The van der Waals surface area contributed by atoms with Crippen LogP contribution >= 0.6 is 0 Å². The molecule has 0 amide bonds. The molecule has 4 atom stereocenters. The molecule has 0 aliphatic carbocycles. The summed E-state index contributed by atoms with van der Waals surface area (Å²) in [6.45, 7) is 11.6. The van der Waals surface area contributed by atoms with Gasteiger partial charge < -0.3 is 14.8 Å². The number of ketones is 1.